The lowest BCUT2D eigenvalue weighted by atomic mass is 9.86. The van der Waals surface area contributed by atoms with Gasteiger partial charge in [-0.3, -0.25) is 14.5 Å². The number of hydrogen-bond acceptors (Lipinski definition) is 3. The van der Waals surface area contributed by atoms with Crippen molar-refractivity contribution < 1.29 is 9.59 Å². The number of amides is 2. The molecule has 2 saturated carbocycles. The van der Waals surface area contributed by atoms with Gasteiger partial charge < -0.3 is 11.1 Å². The molecule has 3 N–H and O–H groups in total. The first-order valence-corrected chi connectivity index (χ1v) is 10.5. The van der Waals surface area contributed by atoms with Gasteiger partial charge in [-0.1, -0.05) is 18.6 Å². The summed E-state index contributed by atoms with van der Waals surface area (Å²) in [4.78, 5) is 26.1. The molecule has 4 rings (SSSR count). The number of hydrogen-bond donors (Lipinski definition) is 2. The maximum absolute atomic E-state index is 12.5. The number of fused-ring (bicyclic) bond motifs is 2. The van der Waals surface area contributed by atoms with Gasteiger partial charge in [-0.25, -0.2) is 0 Å². The highest BCUT2D eigenvalue weighted by molar-refractivity contribution is 5.91. The summed E-state index contributed by atoms with van der Waals surface area (Å²) in [7, 11) is 0. The lowest BCUT2D eigenvalue weighted by molar-refractivity contribution is -0.123. The second-order valence-electron chi connectivity index (χ2n) is 8.84. The van der Waals surface area contributed by atoms with Crippen molar-refractivity contribution in [1.82, 2.24) is 4.90 Å². The zero-order chi connectivity index (χ0) is 18.8. The first kappa shape index (κ1) is 18.5. The quantitative estimate of drug-likeness (QED) is 0.809. The molecule has 3 fully saturated rings. The number of rotatable bonds is 6. The molecular formula is C22H31N3O2. The van der Waals surface area contributed by atoms with E-state index in [0.717, 1.165) is 50.0 Å². The van der Waals surface area contributed by atoms with E-state index in [1.54, 1.807) is 0 Å². The van der Waals surface area contributed by atoms with E-state index in [1.807, 2.05) is 12.1 Å². The average Bonchev–Trinajstić information content (AvgIpc) is 3.25. The summed E-state index contributed by atoms with van der Waals surface area (Å²) in [5.41, 5.74) is 7.51. The molecule has 2 bridgehead atoms. The molecule has 2 aliphatic carbocycles. The molecule has 3 atom stereocenters. The predicted molar refractivity (Wildman–Crippen MR) is 106 cm³/mol. The van der Waals surface area contributed by atoms with Crippen LogP contribution in [0.2, 0.25) is 0 Å². The van der Waals surface area contributed by atoms with E-state index in [9.17, 15) is 9.59 Å². The van der Waals surface area contributed by atoms with Gasteiger partial charge in [-0.05, 0) is 80.6 Å². The summed E-state index contributed by atoms with van der Waals surface area (Å²) < 4.78 is 0. The molecular weight excluding hydrogens is 338 g/mol. The van der Waals surface area contributed by atoms with Crippen LogP contribution in [0.3, 0.4) is 0 Å². The van der Waals surface area contributed by atoms with Crippen LogP contribution in [0.15, 0.2) is 24.3 Å². The highest BCUT2D eigenvalue weighted by Gasteiger charge is 2.40. The SMILES string of the molecule is NC(=O)C1CCN(Cc2cccc(NC(=O)C[C@@H]3C[C@H]4CC[C@H]3C4)c2)CC1. The molecule has 146 valence electrons. The van der Waals surface area contributed by atoms with Gasteiger partial charge in [0.25, 0.3) is 0 Å². The first-order chi connectivity index (χ1) is 13.1. The molecule has 3 aliphatic rings. The van der Waals surface area contributed by atoms with E-state index in [0.29, 0.717) is 12.3 Å². The van der Waals surface area contributed by atoms with E-state index in [2.05, 4.69) is 22.3 Å². The third kappa shape index (κ3) is 4.52. The first-order valence-electron chi connectivity index (χ1n) is 10.5. The molecule has 0 aromatic heterocycles. The lowest BCUT2D eigenvalue weighted by Crippen LogP contribution is -2.38. The third-order valence-corrected chi connectivity index (χ3v) is 6.94. The Bertz CT molecular complexity index is 697. The molecule has 0 radical (unpaired) electrons. The Morgan fingerprint density at radius 1 is 1.11 bits per heavy atom. The number of anilines is 1. The van der Waals surface area contributed by atoms with Crippen molar-refractivity contribution in [2.75, 3.05) is 18.4 Å². The molecule has 1 saturated heterocycles. The molecule has 1 aliphatic heterocycles. The van der Waals surface area contributed by atoms with Crippen LogP contribution in [0, 0.1) is 23.7 Å². The Morgan fingerprint density at radius 3 is 2.59 bits per heavy atom. The van der Waals surface area contributed by atoms with Crippen LogP contribution in [-0.4, -0.2) is 29.8 Å². The fourth-order valence-electron chi connectivity index (χ4n) is 5.46. The Morgan fingerprint density at radius 2 is 1.93 bits per heavy atom. The molecule has 5 heteroatoms. The summed E-state index contributed by atoms with van der Waals surface area (Å²) in [6.45, 7) is 2.64. The second-order valence-corrected chi connectivity index (χ2v) is 8.84. The van der Waals surface area contributed by atoms with Crippen LogP contribution in [0.25, 0.3) is 0 Å². The van der Waals surface area contributed by atoms with Gasteiger partial charge in [0.15, 0.2) is 0 Å². The standard InChI is InChI=1S/C22H31N3O2/c23-22(27)17-6-8-25(9-7-17)14-16-2-1-3-20(12-16)24-21(26)13-19-11-15-4-5-18(19)10-15/h1-3,12,15,17-19H,4-11,13-14H2,(H2,23,27)(H,24,26)/t15-,18-,19-/m0/s1. The fourth-order valence-corrected chi connectivity index (χ4v) is 5.46. The number of nitrogens with one attached hydrogen (secondary N) is 1. The van der Waals surface area contributed by atoms with Gasteiger partial charge >= 0.3 is 0 Å². The van der Waals surface area contributed by atoms with Crippen molar-refractivity contribution in [3.8, 4) is 0 Å². The van der Waals surface area contributed by atoms with E-state index >= 15 is 0 Å². The second kappa shape index (κ2) is 8.01. The summed E-state index contributed by atoms with van der Waals surface area (Å²) in [5.74, 6) is 2.28. The maximum Gasteiger partial charge on any atom is 0.224 e. The molecule has 2 amide bonds. The van der Waals surface area contributed by atoms with Crippen LogP contribution in [-0.2, 0) is 16.1 Å². The summed E-state index contributed by atoms with van der Waals surface area (Å²) in [5, 5.41) is 3.11. The predicted octanol–water partition coefficient (Wildman–Crippen LogP) is 3.15. The van der Waals surface area contributed by atoms with E-state index in [-0.39, 0.29) is 17.7 Å². The Kier molecular flexibility index (Phi) is 5.48. The number of carbonyl (C=O) groups is 2. The minimum absolute atomic E-state index is 0.0257. The fraction of sp³-hybridized carbons (Fsp3) is 0.636. The molecule has 0 unspecified atom stereocenters. The van der Waals surface area contributed by atoms with E-state index in [1.165, 1.54) is 31.2 Å². The van der Waals surface area contributed by atoms with Gasteiger partial charge in [0, 0.05) is 24.6 Å². The minimum atomic E-state index is -0.171. The third-order valence-electron chi connectivity index (χ3n) is 6.94. The van der Waals surface area contributed by atoms with Crippen LogP contribution in [0.5, 0.6) is 0 Å². The highest BCUT2D eigenvalue weighted by Crippen LogP contribution is 2.49. The number of piperidine rings is 1. The molecule has 1 heterocycles. The topological polar surface area (TPSA) is 75.4 Å². The van der Waals surface area contributed by atoms with Crippen molar-refractivity contribution in [1.29, 1.82) is 0 Å². The zero-order valence-corrected chi connectivity index (χ0v) is 16.0. The Hall–Kier alpha value is -1.88. The largest absolute Gasteiger partial charge is 0.369 e. The molecule has 0 spiro atoms. The number of nitrogens with zero attached hydrogens (tertiary/aromatic N) is 1. The van der Waals surface area contributed by atoms with E-state index < -0.39 is 0 Å². The molecule has 1 aromatic carbocycles. The van der Waals surface area contributed by atoms with Crippen molar-refractivity contribution in [3.05, 3.63) is 29.8 Å². The summed E-state index contributed by atoms with van der Waals surface area (Å²) >= 11 is 0. The number of primary amides is 1. The van der Waals surface area contributed by atoms with Gasteiger partial charge in [0.1, 0.15) is 0 Å². The number of likely N-dealkylation sites (tertiary alicyclic amines) is 1. The van der Waals surface area contributed by atoms with Crippen LogP contribution in [0.1, 0.15) is 50.5 Å². The zero-order valence-electron chi connectivity index (χ0n) is 16.0. The minimum Gasteiger partial charge on any atom is -0.369 e. The molecule has 5 nitrogen and oxygen atoms in total. The number of benzene rings is 1. The maximum atomic E-state index is 12.5. The monoisotopic (exact) mass is 369 g/mol. The summed E-state index contributed by atoms with van der Waals surface area (Å²) in [6.07, 6.45) is 7.65. The smallest absolute Gasteiger partial charge is 0.224 e. The van der Waals surface area contributed by atoms with Crippen molar-refractivity contribution in [3.63, 3.8) is 0 Å². The van der Waals surface area contributed by atoms with Crippen molar-refractivity contribution >= 4 is 17.5 Å². The van der Waals surface area contributed by atoms with Crippen molar-refractivity contribution in [2.45, 2.75) is 51.5 Å². The molecule has 27 heavy (non-hydrogen) atoms. The van der Waals surface area contributed by atoms with Crippen LogP contribution >= 0.6 is 0 Å². The van der Waals surface area contributed by atoms with Crippen LogP contribution < -0.4 is 11.1 Å². The average molecular weight is 370 g/mol. The van der Waals surface area contributed by atoms with Gasteiger partial charge in [-0.2, -0.15) is 0 Å². The number of nitrogens with two attached hydrogens (primary N) is 1. The number of carbonyl (C=O) groups excluding carboxylic acids is 2. The summed E-state index contributed by atoms with van der Waals surface area (Å²) in [6, 6.07) is 8.17. The highest BCUT2D eigenvalue weighted by atomic mass is 16.2. The van der Waals surface area contributed by atoms with Crippen molar-refractivity contribution in [2.24, 2.45) is 29.4 Å². The lowest BCUT2D eigenvalue weighted by Gasteiger charge is -2.30. The Labute approximate surface area is 161 Å². The van der Waals surface area contributed by atoms with Gasteiger partial charge in [-0.15, -0.1) is 0 Å². The molecule has 1 aromatic rings. The Balaban J connectivity index is 1.27. The van der Waals surface area contributed by atoms with Gasteiger partial charge in [0.2, 0.25) is 11.8 Å². The normalized spacial score (nSPS) is 28.4. The van der Waals surface area contributed by atoms with Gasteiger partial charge in [0.05, 0.1) is 0 Å². The van der Waals surface area contributed by atoms with E-state index in [4.69, 9.17) is 5.73 Å². The van der Waals surface area contributed by atoms with Crippen LogP contribution in [0.4, 0.5) is 5.69 Å².